The lowest BCUT2D eigenvalue weighted by molar-refractivity contribution is 0.104. The Labute approximate surface area is 118 Å². The van der Waals surface area contributed by atoms with Crippen LogP contribution in [0.25, 0.3) is 10.1 Å². The predicted molar refractivity (Wildman–Crippen MR) is 76.7 cm³/mol. The molecule has 0 aliphatic carbocycles. The van der Waals surface area contributed by atoms with Crippen LogP contribution < -0.4 is 0 Å². The second kappa shape index (κ2) is 4.76. The predicted octanol–water partition coefficient (Wildman–Crippen LogP) is 4.92. The molecule has 0 spiro atoms. The molecule has 4 heteroatoms. The molecule has 0 saturated carbocycles. The fraction of sp³-hybridized carbons (Fsp3) is 0. The van der Waals surface area contributed by atoms with Gasteiger partial charge in [-0.3, -0.25) is 4.79 Å². The Hall–Kier alpha value is -1.71. The van der Waals surface area contributed by atoms with E-state index in [1.165, 1.54) is 23.5 Å². The first-order chi connectivity index (χ1) is 9.18. The van der Waals surface area contributed by atoms with Crippen LogP contribution in [0, 0.1) is 5.82 Å². The number of carbonyl (C=O) groups is 1. The lowest BCUT2D eigenvalue weighted by Gasteiger charge is -2.05. The van der Waals surface area contributed by atoms with E-state index < -0.39 is 5.82 Å². The molecular formula is C15H8ClFOS. The van der Waals surface area contributed by atoms with Gasteiger partial charge in [0.2, 0.25) is 0 Å². The molecule has 94 valence electrons. The minimum absolute atomic E-state index is 0.124. The number of ketones is 1. The number of carbonyl (C=O) groups excluding carboxylic acids is 1. The normalized spacial score (nSPS) is 10.8. The molecule has 0 saturated heterocycles. The third-order valence-electron chi connectivity index (χ3n) is 2.92. The number of rotatable bonds is 2. The quantitative estimate of drug-likeness (QED) is 0.612. The lowest BCUT2D eigenvalue weighted by atomic mass is 10.0. The topological polar surface area (TPSA) is 17.1 Å². The highest BCUT2D eigenvalue weighted by Gasteiger charge is 2.17. The zero-order valence-corrected chi connectivity index (χ0v) is 11.3. The monoisotopic (exact) mass is 290 g/mol. The van der Waals surface area contributed by atoms with E-state index in [-0.39, 0.29) is 16.4 Å². The smallest absolute Gasteiger partial charge is 0.196 e. The second-order valence-electron chi connectivity index (χ2n) is 4.08. The van der Waals surface area contributed by atoms with Crippen molar-refractivity contribution in [1.82, 2.24) is 0 Å². The number of hydrogen-bond acceptors (Lipinski definition) is 2. The Morgan fingerprint density at radius 1 is 1.05 bits per heavy atom. The third kappa shape index (κ3) is 2.05. The highest BCUT2D eigenvalue weighted by atomic mass is 35.5. The van der Waals surface area contributed by atoms with Crippen LogP contribution in [0.1, 0.15) is 15.9 Å². The van der Waals surface area contributed by atoms with Gasteiger partial charge in [0.15, 0.2) is 5.78 Å². The zero-order valence-electron chi connectivity index (χ0n) is 9.69. The molecule has 0 radical (unpaired) electrons. The summed E-state index contributed by atoms with van der Waals surface area (Å²) < 4.78 is 14.3. The van der Waals surface area contributed by atoms with Crippen molar-refractivity contribution in [3.63, 3.8) is 0 Å². The Bertz CT molecular complexity index is 779. The Morgan fingerprint density at radius 3 is 2.63 bits per heavy atom. The van der Waals surface area contributed by atoms with Crippen LogP contribution in [-0.2, 0) is 0 Å². The molecule has 3 aromatic rings. The van der Waals surface area contributed by atoms with Crippen LogP contribution in [0.4, 0.5) is 4.39 Å². The SMILES string of the molecule is O=C(c1cccc(F)c1Cl)c1cccc2ccsc12. The summed E-state index contributed by atoms with van der Waals surface area (Å²) in [5.41, 5.74) is 0.752. The molecule has 0 amide bonds. The Kier molecular flexibility index (Phi) is 3.09. The summed E-state index contributed by atoms with van der Waals surface area (Å²) in [5.74, 6) is -0.830. The molecule has 0 aliphatic heterocycles. The zero-order chi connectivity index (χ0) is 13.4. The van der Waals surface area contributed by atoms with Crippen molar-refractivity contribution in [2.75, 3.05) is 0 Å². The van der Waals surface area contributed by atoms with Gasteiger partial charge in [-0.25, -0.2) is 4.39 Å². The second-order valence-corrected chi connectivity index (χ2v) is 5.37. The van der Waals surface area contributed by atoms with Crippen molar-refractivity contribution >= 4 is 38.8 Å². The van der Waals surface area contributed by atoms with E-state index in [4.69, 9.17) is 11.6 Å². The lowest BCUT2D eigenvalue weighted by Crippen LogP contribution is -2.03. The summed E-state index contributed by atoms with van der Waals surface area (Å²) in [6, 6.07) is 11.7. The standard InChI is InChI=1S/C15H8ClFOS/c16-13-10(4-2-6-12(13)17)14(18)11-5-1-3-9-7-8-19-15(9)11/h1-8H. The van der Waals surface area contributed by atoms with Crippen LogP contribution >= 0.6 is 22.9 Å². The number of hydrogen-bond donors (Lipinski definition) is 0. The fourth-order valence-corrected chi connectivity index (χ4v) is 3.12. The molecular weight excluding hydrogens is 283 g/mol. The van der Waals surface area contributed by atoms with E-state index in [0.29, 0.717) is 5.56 Å². The average molecular weight is 291 g/mol. The summed E-state index contributed by atoms with van der Waals surface area (Å²) >= 11 is 7.36. The van der Waals surface area contributed by atoms with Crippen molar-refractivity contribution in [2.45, 2.75) is 0 Å². The molecule has 2 aromatic carbocycles. The van der Waals surface area contributed by atoms with E-state index >= 15 is 0 Å². The van der Waals surface area contributed by atoms with Crippen molar-refractivity contribution in [3.05, 3.63) is 69.8 Å². The van der Waals surface area contributed by atoms with Crippen LogP contribution in [0.15, 0.2) is 47.8 Å². The highest BCUT2D eigenvalue weighted by Crippen LogP contribution is 2.29. The number of fused-ring (bicyclic) bond motifs is 1. The Morgan fingerprint density at radius 2 is 1.79 bits per heavy atom. The van der Waals surface area contributed by atoms with E-state index in [1.807, 2.05) is 23.6 Å². The summed E-state index contributed by atoms with van der Waals surface area (Å²) in [4.78, 5) is 12.5. The van der Waals surface area contributed by atoms with Gasteiger partial charge in [0.25, 0.3) is 0 Å². The van der Waals surface area contributed by atoms with Crippen LogP contribution in [-0.4, -0.2) is 5.78 Å². The molecule has 1 heterocycles. The van der Waals surface area contributed by atoms with Crippen molar-refractivity contribution in [1.29, 1.82) is 0 Å². The molecule has 1 nitrogen and oxygen atoms in total. The van der Waals surface area contributed by atoms with Crippen molar-refractivity contribution < 1.29 is 9.18 Å². The van der Waals surface area contributed by atoms with E-state index in [0.717, 1.165) is 10.1 Å². The highest BCUT2D eigenvalue weighted by molar-refractivity contribution is 7.17. The maximum Gasteiger partial charge on any atom is 0.196 e. The first-order valence-electron chi connectivity index (χ1n) is 5.63. The largest absolute Gasteiger partial charge is 0.288 e. The van der Waals surface area contributed by atoms with Crippen molar-refractivity contribution in [2.24, 2.45) is 0 Å². The molecule has 0 aliphatic rings. The summed E-state index contributed by atoms with van der Waals surface area (Å²) in [5, 5.41) is 2.80. The minimum atomic E-state index is -0.578. The van der Waals surface area contributed by atoms with Gasteiger partial charge in [-0.1, -0.05) is 29.8 Å². The third-order valence-corrected chi connectivity index (χ3v) is 4.27. The van der Waals surface area contributed by atoms with Gasteiger partial charge in [-0.05, 0) is 35.0 Å². The number of thiophene rings is 1. The van der Waals surface area contributed by atoms with Crippen LogP contribution in [0.3, 0.4) is 0 Å². The van der Waals surface area contributed by atoms with Gasteiger partial charge >= 0.3 is 0 Å². The maximum absolute atomic E-state index is 13.4. The average Bonchev–Trinajstić information content (AvgIpc) is 2.89. The van der Waals surface area contributed by atoms with Gasteiger partial charge in [0, 0.05) is 15.8 Å². The molecule has 0 bridgehead atoms. The molecule has 0 fully saturated rings. The number of halogens is 2. The van der Waals surface area contributed by atoms with E-state index in [1.54, 1.807) is 12.1 Å². The first-order valence-corrected chi connectivity index (χ1v) is 6.89. The van der Waals surface area contributed by atoms with E-state index in [9.17, 15) is 9.18 Å². The van der Waals surface area contributed by atoms with E-state index in [2.05, 4.69) is 0 Å². The first kappa shape index (κ1) is 12.3. The maximum atomic E-state index is 13.4. The van der Waals surface area contributed by atoms with Gasteiger partial charge in [0.1, 0.15) is 5.82 Å². The van der Waals surface area contributed by atoms with Crippen LogP contribution in [0.5, 0.6) is 0 Å². The number of benzene rings is 2. The molecule has 1 aromatic heterocycles. The van der Waals surface area contributed by atoms with Gasteiger partial charge in [-0.2, -0.15) is 0 Å². The molecule has 19 heavy (non-hydrogen) atoms. The molecule has 3 rings (SSSR count). The summed E-state index contributed by atoms with van der Waals surface area (Å²) in [6.07, 6.45) is 0. The van der Waals surface area contributed by atoms with Crippen LogP contribution in [0.2, 0.25) is 5.02 Å². The minimum Gasteiger partial charge on any atom is -0.288 e. The molecule has 0 atom stereocenters. The molecule has 0 unspecified atom stereocenters. The van der Waals surface area contributed by atoms with Gasteiger partial charge < -0.3 is 0 Å². The van der Waals surface area contributed by atoms with Gasteiger partial charge in [-0.15, -0.1) is 11.3 Å². The Balaban J connectivity index is 2.19. The summed E-state index contributed by atoms with van der Waals surface area (Å²) in [6.45, 7) is 0. The molecule has 0 N–H and O–H groups in total. The van der Waals surface area contributed by atoms with Gasteiger partial charge in [0.05, 0.1) is 5.02 Å². The summed E-state index contributed by atoms with van der Waals surface area (Å²) in [7, 11) is 0. The fourth-order valence-electron chi connectivity index (χ4n) is 2.00. The van der Waals surface area contributed by atoms with Crippen molar-refractivity contribution in [3.8, 4) is 0 Å².